The molecule has 0 bridgehead atoms. The lowest BCUT2D eigenvalue weighted by molar-refractivity contribution is 0.242. The summed E-state index contributed by atoms with van der Waals surface area (Å²) in [6, 6.07) is 18.6. The molecular formula is C22H23N3OS. The van der Waals surface area contributed by atoms with Crippen molar-refractivity contribution in [3.63, 3.8) is 0 Å². The zero-order valence-electron chi connectivity index (χ0n) is 15.6. The molecule has 2 aromatic heterocycles. The van der Waals surface area contributed by atoms with E-state index in [-0.39, 0.29) is 6.10 Å². The monoisotopic (exact) mass is 377 g/mol. The molecule has 0 saturated carbocycles. The van der Waals surface area contributed by atoms with Crippen molar-refractivity contribution < 1.29 is 4.74 Å². The van der Waals surface area contributed by atoms with Gasteiger partial charge in [-0.3, -0.25) is 4.40 Å². The van der Waals surface area contributed by atoms with Crippen LogP contribution in [0, 0.1) is 0 Å². The second kappa shape index (κ2) is 7.94. The van der Waals surface area contributed by atoms with E-state index in [0.29, 0.717) is 0 Å². The molecule has 0 aliphatic heterocycles. The normalized spacial score (nSPS) is 11.4. The molecule has 0 radical (unpaired) electrons. The lowest BCUT2D eigenvalue weighted by Crippen LogP contribution is -2.15. The van der Waals surface area contributed by atoms with Gasteiger partial charge in [-0.25, -0.2) is 4.98 Å². The second-order valence-electron chi connectivity index (χ2n) is 6.75. The van der Waals surface area contributed by atoms with Gasteiger partial charge < -0.3 is 10.1 Å². The van der Waals surface area contributed by atoms with E-state index in [9.17, 15) is 0 Å². The quantitative estimate of drug-likeness (QED) is 0.485. The van der Waals surface area contributed by atoms with Crippen molar-refractivity contribution in [2.45, 2.75) is 33.0 Å². The number of rotatable bonds is 7. The van der Waals surface area contributed by atoms with Crippen molar-refractivity contribution in [2.75, 3.05) is 0 Å². The summed E-state index contributed by atoms with van der Waals surface area (Å²) < 4.78 is 7.97. The Morgan fingerprint density at radius 3 is 2.74 bits per heavy atom. The average molecular weight is 378 g/mol. The first-order valence-electron chi connectivity index (χ1n) is 9.17. The molecule has 0 unspecified atom stereocenters. The Morgan fingerprint density at radius 1 is 1.07 bits per heavy atom. The van der Waals surface area contributed by atoms with Crippen LogP contribution >= 0.6 is 11.3 Å². The third-order valence-electron chi connectivity index (χ3n) is 4.30. The maximum atomic E-state index is 5.79. The molecule has 0 saturated heterocycles. The summed E-state index contributed by atoms with van der Waals surface area (Å²) in [7, 11) is 0. The van der Waals surface area contributed by atoms with Crippen molar-refractivity contribution in [3.05, 3.63) is 77.4 Å². The Labute approximate surface area is 163 Å². The third-order valence-corrected chi connectivity index (χ3v) is 5.06. The van der Waals surface area contributed by atoms with E-state index in [4.69, 9.17) is 9.72 Å². The minimum absolute atomic E-state index is 0.181. The third kappa shape index (κ3) is 4.04. The number of imidazole rings is 1. The Kier molecular flexibility index (Phi) is 5.23. The number of nitrogens with zero attached hydrogens (tertiary/aromatic N) is 2. The zero-order valence-corrected chi connectivity index (χ0v) is 16.4. The first kappa shape index (κ1) is 17.8. The van der Waals surface area contributed by atoms with Crippen molar-refractivity contribution in [2.24, 2.45) is 0 Å². The van der Waals surface area contributed by atoms with Gasteiger partial charge in [0.05, 0.1) is 17.5 Å². The highest BCUT2D eigenvalue weighted by Crippen LogP contribution is 2.26. The van der Waals surface area contributed by atoms with Gasteiger partial charge in [-0.1, -0.05) is 42.5 Å². The van der Waals surface area contributed by atoms with Gasteiger partial charge in [-0.2, -0.15) is 0 Å². The highest BCUT2D eigenvalue weighted by atomic mass is 32.1. The molecule has 138 valence electrons. The lowest BCUT2D eigenvalue weighted by atomic mass is 10.1. The van der Waals surface area contributed by atoms with Gasteiger partial charge in [-0.15, -0.1) is 11.3 Å². The number of hydrogen-bond donors (Lipinski definition) is 1. The molecule has 4 rings (SSSR count). The van der Waals surface area contributed by atoms with Crippen LogP contribution in [0.4, 0.5) is 0 Å². The van der Waals surface area contributed by atoms with E-state index in [1.807, 2.05) is 32.0 Å². The van der Waals surface area contributed by atoms with Gasteiger partial charge in [0.1, 0.15) is 5.75 Å². The summed E-state index contributed by atoms with van der Waals surface area (Å²) in [5.41, 5.74) is 4.59. The Balaban J connectivity index is 1.52. The first-order valence-corrected chi connectivity index (χ1v) is 10.0. The lowest BCUT2D eigenvalue weighted by Gasteiger charge is -2.11. The van der Waals surface area contributed by atoms with Crippen LogP contribution in [0.2, 0.25) is 0 Å². The molecular weight excluding hydrogens is 354 g/mol. The van der Waals surface area contributed by atoms with Gasteiger partial charge in [-0.05, 0) is 31.5 Å². The molecule has 0 aliphatic rings. The number of nitrogens with one attached hydrogen (secondary N) is 1. The molecule has 27 heavy (non-hydrogen) atoms. The Hall–Kier alpha value is -2.63. The molecule has 0 amide bonds. The molecule has 4 aromatic rings. The van der Waals surface area contributed by atoms with Crippen LogP contribution in [0.3, 0.4) is 0 Å². The molecule has 5 heteroatoms. The molecule has 0 fully saturated rings. The van der Waals surface area contributed by atoms with E-state index in [1.165, 1.54) is 11.3 Å². The van der Waals surface area contributed by atoms with Gasteiger partial charge in [0.25, 0.3) is 0 Å². The van der Waals surface area contributed by atoms with Crippen LogP contribution in [-0.2, 0) is 13.1 Å². The van der Waals surface area contributed by atoms with Gasteiger partial charge in [0.2, 0.25) is 0 Å². The van der Waals surface area contributed by atoms with E-state index >= 15 is 0 Å². The fraction of sp³-hybridized carbons (Fsp3) is 0.227. The standard InChI is InChI=1S/C22H23N3OS/c1-16(2)26-19-10-6-7-17(13-19)14-23-15-20-21(18-8-4-3-5-9-18)24-22-25(20)11-12-27-22/h3-13,16,23H,14-15H2,1-2H3. The van der Waals surface area contributed by atoms with E-state index < -0.39 is 0 Å². The summed E-state index contributed by atoms with van der Waals surface area (Å²) in [6.45, 7) is 5.61. The number of benzene rings is 2. The van der Waals surface area contributed by atoms with Crippen LogP contribution < -0.4 is 10.1 Å². The maximum absolute atomic E-state index is 5.79. The van der Waals surface area contributed by atoms with Crippen LogP contribution in [-0.4, -0.2) is 15.5 Å². The summed E-state index contributed by atoms with van der Waals surface area (Å²) in [4.78, 5) is 5.86. The highest BCUT2D eigenvalue weighted by molar-refractivity contribution is 7.15. The van der Waals surface area contributed by atoms with Crippen LogP contribution in [0.25, 0.3) is 16.2 Å². The van der Waals surface area contributed by atoms with E-state index in [1.54, 1.807) is 11.3 Å². The smallest absolute Gasteiger partial charge is 0.194 e. The van der Waals surface area contributed by atoms with E-state index in [0.717, 1.165) is 35.1 Å². The Morgan fingerprint density at radius 2 is 1.93 bits per heavy atom. The molecule has 0 aliphatic carbocycles. The largest absolute Gasteiger partial charge is 0.491 e. The van der Waals surface area contributed by atoms with Crippen molar-refractivity contribution in [3.8, 4) is 17.0 Å². The SMILES string of the molecule is CC(C)Oc1cccc(CNCc2c(-c3ccccc3)nc3sccn23)c1. The average Bonchev–Trinajstić information content (AvgIpc) is 3.24. The summed E-state index contributed by atoms with van der Waals surface area (Å²) >= 11 is 1.66. The van der Waals surface area contributed by atoms with Gasteiger partial charge in [0.15, 0.2) is 4.96 Å². The zero-order chi connectivity index (χ0) is 18.6. The van der Waals surface area contributed by atoms with Gasteiger partial charge >= 0.3 is 0 Å². The fourth-order valence-electron chi connectivity index (χ4n) is 3.15. The van der Waals surface area contributed by atoms with Crippen LogP contribution in [0.15, 0.2) is 66.2 Å². The number of hydrogen-bond acceptors (Lipinski definition) is 4. The highest BCUT2D eigenvalue weighted by Gasteiger charge is 2.14. The molecule has 0 spiro atoms. The summed E-state index contributed by atoms with van der Waals surface area (Å²) in [5, 5.41) is 5.64. The number of ether oxygens (including phenoxy) is 1. The molecule has 0 atom stereocenters. The number of fused-ring (bicyclic) bond motifs is 1. The number of thiazole rings is 1. The van der Waals surface area contributed by atoms with Crippen LogP contribution in [0.5, 0.6) is 5.75 Å². The summed E-state index contributed by atoms with van der Waals surface area (Å²) in [5.74, 6) is 0.916. The molecule has 2 heterocycles. The molecule has 1 N–H and O–H groups in total. The predicted molar refractivity (Wildman–Crippen MR) is 111 cm³/mol. The maximum Gasteiger partial charge on any atom is 0.194 e. The topological polar surface area (TPSA) is 38.6 Å². The minimum atomic E-state index is 0.181. The molecule has 4 nitrogen and oxygen atoms in total. The number of aromatic nitrogens is 2. The molecule has 2 aromatic carbocycles. The van der Waals surface area contributed by atoms with E-state index in [2.05, 4.69) is 57.7 Å². The van der Waals surface area contributed by atoms with Gasteiger partial charge in [0, 0.05) is 30.2 Å². The summed E-state index contributed by atoms with van der Waals surface area (Å²) in [6.07, 6.45) is 2.27. The van der Waals surface area contributed by atoms with Crippen molar-refractivity contribution in [1.29, 1.82) is 0 Å². The van der Waals surface area contributed by atoms with Crippen molar-refractivity contribution in [1.82, 2.24) is 14.7 Å². The predicted octanol–water partition coefficient (Wildman–Crippen LogP) is 5.14. The Bertz CT molecular complexity index is 1020. The van der Waals surface area contributed by atoms with Crippen LogP contribution in [0.1, 0.15) is 25.1 Å². The first-order chi connectivity index (χ1) is 13.2. The second-order valence-corrected chi connectivity index (χ2v) is 7.62. The fourth-order valence-corrected chi connectivity index (χ4v) is 3.89. The van der Waals surface area contributed by atoms with Crippen molar-refractivity contribution >= 4 is 16.3 Å². The minimum Gasteiger partial charge on any atom is -0.491 e.